The van der Waals surface area contributed by atoms with Crippen LogP contribution in [-0.4, -0.2) is 21.4 Å². The Labute approximate surface area is 164 Å². The normalized spacial score (nSPS) is 11.9. The van der Waals surface area contributed by atoms with Gasteiger partial charge < -0.3 is 10.1 Å². The standard InChI is InChI=1S/C22H25N3O3/c1-14-11-12-19(15(2)13-14)28-17(4)21(26)23-20-16(3)24(5)25(22(20)27)18-9-7-6-8-10-18/h6-13,17H,1-5H3,(H,23,26)/t17-/m0/s1. The summed E-state index contributed by atoms with van der Waals surface area (Å²) in [5, 5.41) is 2.74. The van der Waals surface area contributed by atoms with Crippen LogP contribution in [0, 0.1) is 20.8 Å². The smallest absolute Gasteiger partial charge is 0.295 e. The first kappa shape index (κ1) is 19.5. The minimum absolute atomic E-state index is 0.257. The highest BCUT2D eigenvalue weighted by atomic mass is 16.5. The molecule has 0 saturated heterocycles. The zero-order valence-corrected chi connectivity index (χ0v) is 16.8. The summed E-state index contributed by atoms with van der Waals surface area (Å²) in [6.45, 7) is 7.41. The molecular formula is C22H25N3O3. The number of aromatic nitrogens is 2. The highest BCUT2D eigenvalue weighted by Crippen LogP contribution is 2.21. The number of hydrogen-bond acceptors (Lipinski definition) is 3. The zero-order chi connectivity index (χ0) is 20.4. The molecule has 0 saturated carbocycles. The summed E-state index contributed by atoms with van der Waals surface area (Å²) in [4.78, 5) is 25.6. The summed E-state index contributed by atoms with van der Waals surface area (Å²) in [6, 6.07) is 15.1. The van der Waals surface area contributed by atoms with Crippen LogP contribution in [0.4, 0.5) is 5.69 Å². The first-order chi connectivity index (χ1) is 13.3. The van der Waals surface area contributed by atoms with E-state index in [0.717, 1.165) is 16.8 Å². The number of rotatable bonds is 5. The number of nitrogens with zero attached hydrogens (tertiary/aromatic N) is 2. The number of carbonyl (C=O) groups is 1. The van der Waals surface area contributed by atoms with Crippen molar-refractivity contribution in [3.8, 4) is 11.4 Å². The van der Waals surface area contributed by atoms with Crippen molar-refractivity contribution < 1.29 is 9.53 Å². The molecule has 1 N–H and O–H groups in total. The van der Waals surface area contributed by atoms with E-state index in [4.69, 9.17) is 4.74 Å². The predicted octanol–water partition coefficient (Wildman–Crippen LogP) is 3.51. The maximum atomic E-state index is 12.9. The Balaban J connectivity index is 1.83. The van der Waals surface area contributed by atoms with E-state index in [1.807, 2.05) is 62.4 Å². The van der Waals surface area contributed by atoms with Crippen molar-refractivity contribution in [2.24, 2.45) is 7.05 Å². The van der Waals surface area contributed by atoms with Crippen LogP contribution in [0.5, 0.6) is 5.75 Å². The Hall–Kier alpha value is -3.28. The molecular weight excluding hydrogens is 354 g/mol. The van der Waals surface area contributed by atoms with Crippen LogP contribution in [-0.2, 0) is 11.8 Å². The first-order valence-electron chi connectivity index (χ1n) is 9.18. The van der Waals surface area contributed by atoms with E-state index in [0.29, 0.717) is 11.4 Å². The van der Waals surface area contributed by atoms with Crippen LogP contribution in [0.1, 0.15) is 23.7 Å². The third-order valence-electron chi connectivity index (χ3n) is 4.81. The number of amides is 1. The number of ether oxygens (including phenoxy) is 1. The lowest BCUT2D eigenvalue weighted by Gasteiger charge is -2.16. The number of aryl methyl sites for hydroxylation is 2. The minimum atomic E-state index is -0.745. The van der Waals surface area contributed by atoms with E-state index in [1.165, 1.54) is 4.68 Å². The van der Waals surface area contributed by atoms with Gasteiger partial charge >= 0.3 is 0 Å². The molecule has 0 aliphatic heterocycles. The van der Waals surface area contributed by atoms with Gasteiger partial charge in [-0.05, 0) is 51.5 Å². The van der Waals surface area contributed by atoms with Crippen LogP contribution in [0.25, 0.3) is 5.69 Å². The summed E-state index contributed by atoms with van der Waals surface area (Å²) in [5.41, 5.74) is 3.47. The van der Waals surface area contributed by atoms with Gasteiger partial charge in [-0.1, -0.05) is 35.9 Å². The number of anilines is 1. The van der Waals surface area contributed by atoms with Gasteiger partial charge in [0, 0.05) is 7.05 Å². The molecule has 6 heteroatoms. The number of hydrogen-bond donors (Lipinski definition) is 1. The summed E-state index contributed by atoms with van der Waals surface area (Å²) in [6.07, 6.45) is -0.745. The van der Waals surface area contributed by atoms with Gasteiger partial charge in [-0.15, -0.1) is 0 Å². The van der Waals surface area contributed by atoms with Gasteiger partial charge in [-0.2, -0.15) is 0 Å². The molecule has 1 atom stereocenters. The van der Waals surface area contributed by atoms with E-state index in [2.05, 4.69) is 5.32 Å². The summed E-state index contributed by atoms with van der Waals surface area (Å²) in [5.74, 6) is 0.283. The quantitative estimate of drug-likeness (QED) is 0.738. The number of benzene rings is 2. The van der Waals surface area contributed by atoms with Gasteiger partial charge in [0.15, 0.2) is 6.10 Å². The van der Waals surface area contributed by atoms with Crippen molar-refractivity contribution in [1.29, 1.82) is 0 Å². The molecule has 0 fully saturated rings. The van der Waals surface area contributed by atoms with E-state index in [9.17, 15) is 9.59 Å². The van der Waals surface area contributed by atoms with Crippen molar-refractivity contribution >= 4 is 11.6 Å². The lowest BCUT2D eigenvalue weighted by molar-refractivity contribution is -0.122. The maximum Gasteiger partial charge on any atom is 0.295 e. The lowest BCUT2D eigenvalue weighted by atomic mass is 10.1. The molecule has 0 aliphatic rings. The Morgan fingerprint density at radius 3 is 2.39 bits per heavy atom. The van der Waals surface area contributed by atoms with Crippen molar-refractivity contribution in [1.82, 2.24) is 9.36 Å². The third kappa shape index (κ3) is 3.71. The fraction of sp³-hybridized carbons (Fsp3) is 0.273. The van der Waals surface area contributed by atoms with Gasteiger partial charge in [0.05, 0.1) is 11.4 Å². The largest absolute Gasteiger partial charge is 0.481 e. The molecule has 0 unspecified atom stereocenters. The molecule has 3 rings (SSSR count). The molecule has 3 aromatic rings. The molecule has 2 aromatic carbocycles. The average Bonchev–Trinajstić information content (AvgIpc) is 2.88. The van der Waals surface area contributed by atoms with Crippen LogP contribution in [0.3, 0.4) is 0 Å². The van der Waals surface area contributed by atoms with Gasteiger partial charge in [0.1, 0.15) is 11.4 Å². The molecule has 146 valence electrons. The second kappa shape index (κ2) is 7.76. The molecule has 28 heavy (non-hydrogen) atoms. The number of nitrogens with one attached hydrogen (secondary N) is 1. The van der Waals surface area contributed by atoms with Gasteiger partial charge in [-0.25, -0.2) is 4.68 Å². The molecule has 1 amide bonds. The summed E-state index contributed by atoms with van der Waals surface area (Å²) >= 11 is 0. The van der Waals surface area contributed by atoms with E-state index in [-0.39, 0.29) is 17.2 Å². The Morgan fingerprint density at radius 1 is 1.07 bits per heavy atom. The topological polar surface area (TPSA) is 65.3 Å². The van der Waals surface area contributed by atoms with Gasteiger partial charge in [-0.3, -0.25) is 14.3 Å². The molecule has 6 nitrogen and oxygen atoms in total. The number of para-hydroxylation sites is 1. The van der Waals surface area contributed by atoms with Crippen LogP contribution < -0.4 is 15.6 Å². The Morgan fingerprint density at radius 2 is 1.75 bits per heavy atom. The fourth-order valence-electron chi connectivity index (χ4n) is 3.11. The second-order valence-corrected chi connectivity index (χ2v) is 6.95. The maximum absolute atomic E-state index is 12.9. The minimum Gasteiger partial charge on any atom is -0.481 e. The SMILES string of the molecule is Cc1ccc(O[C@@H](C)C(=O)Nc2c(C)n(C)n(-c3ccccc3)c2=O)c(C)c1. The third-order valence-corrected chi connectivity index (χ3v) is 4.81. The Bertz CT molecular complexity index is 1060. The van der Waals surface area contributed by atoms with Crippen molar-refractivity contribution in [3.05, 3.63) is 75.7 Å². The highest BCUT2D eigenvalue weighted by molar-refractivity contribution is 5.94. The summed E-state index contributed by atoms with van der Waals surface area (Å²) in [7, 11) is 1.79. The molecule has 1 heterocycles. The van der Waals surface area contributed by atoms with Crippen LogP contribution >= 0.6 is 0 Å². The summed E-state index contributed by atoms with van der Waals surface area (Å²) < 4.78 is 9.06. The van der Waals surface area contributed by atoms with E-state index < -0.39 is 6.10 Å². The van der Waals surface area contributed by atoms with E-state index in [1.54, 1.807) is 25.6 Å². The molecule has 0 radical (unpaired) electrons. The number of carbonyl (C=O) groups excluding carboxylic acids is 1. The molecule has 0 bridgehead atoms. The van der Waals surface area contributed by atoms with Crippen LogP contribution in [0.2, 0.25) is 0 Å². The van der Waals surface area contributed by atoms with Crippen molar-refractivity contribution in [2.45, 2.75) is 33.8 Å². The van der Waals surface area contributed by atoms with Crippen molar-refractivity contribution in [3.63, 3.8) is 0 Å². The van der Waals surface area contributed by atoms with Gasteiger partial charge in [0.25, 0.3) is 11.5 Å². The predicted molar refractivity (Wildman–Crippen MR) is 110 cm³/mol. The van der Waals surface area contributed by atoms with Crippen molar-refractivity contribution in [2.75, 3.05) is 5.32 Å². The molecule has 0 aliphatic carbocycles. The zero-order valence-electron chi connectivity index (χ0n) is 16.8. The molecule has 0 spiro atoms. The van der Waals surface area contributed by atoms with E-state index >= 15 is 0 Å². The first-order valence-corrected chi connectivity index (χ1v) is 9.18. The van der Waals surface area contributed by atoms with Gasteiger partial charge in [0.2, 0.25) is 0 Å². The molecule has 1 aromatic heterocycles. The second-order valence-electron chi connectivity index (χ2n) is 6.95. The lowest BCUT2D eigenvalue weighted by Crippen LogP contribution is -2.32. The Kier molecular flexibility index (Phi) is 5.40. The monoisotopic (exact) mass is 379 g/mol. The average molecular weight is 379 g/mol. The fourth-order valence-corrected chi connectivity index (χ4v) is 3.11. The highest BCUT2D eigenvalue weighted by Gasteiger charge is 2.22. The van der Waals surface area contributed by atoms with Crippen LogP contribution in [0.15, 0.2) is 53.3 Å².